The molecule has 1 aromatic rings. The van der Waals surface area contributed by atoms with Crippen LogP contribution < -0.4 is 5.32 Å². The molecule has 0 spiro atoms. The van der Waals surface area contributed by atoms with Crippen LogP contribution in [0.5, 0.6) is 0 Å². The lowest BCUT2D eigenvalue weighted by molar-refractivity contribution is 0.0106. The Kier molecular flexibility index (Phi) is 5.58. The van der Waals surface area contributed by atoms with Crippen molar-refractivity contribution in [1.29, 1.82) is 0 Å². The van der Waals surface area contributed by atoms with Crippen molar-refractivity contribution in [2.24, 2.45) is 0 Å². The van der Waals surface area contributed by atoms with E-state index in [1.54, 1.807) is 0 Å². The molecule has 112 valence electrons. The lowest BCUT2D eigenvalue weighted by Gasteiger charge is -2.20. The van der Waals surface area contributed by atoms with Gasteiger partial charge in [-0.25, -0.2) is 0 Å². The molecule has 0 bridgehead atoms. The van der Waals surface area contributed by atoms with Crippen LogP contribution in [0, 0.1) is 0 Å². The molecule has 1 aromatic carbocycles. The van der Waals surface area contributed by atoms with E-state index in [4.69, 9.17) is 9.47 Å². The van der Waals surface area contributed by atoms with E-state index in [1.807, 2.05) is 0 Å². The van der Waals surface area contributed by atoms with Gasteiger partial charge in [-0.15, -0.1) is 0 Å². The highest BCUT2D eigenvalue weighted by atomic mass is 16.5. The van der Waals surface area contributed by atoms with Gasteiger partial charge in [0.05, 0.1) is 19.3 Å². The fourth-order valence-corrected chi connectivity index (χ4v) is 2.28. The Hall–Kier alpha value is -0.900. The third-order valence-corrected chi connectivity index (χ3v) is 3.41. The van der Waals surface area contributed by atoms with Gasteiger partial charge in [0, 0.05) is 18.7 Å². The standard InChI is InChI=1S/C17H27NO2/c1-17(2,3)18-11-14-6-4-7-15(10-14)12-19-13-16-8-5-9-20-16/h4,6-7,10,16,18H,5,8-9,11-13H2,1-3H3. The van der Waals surface area contributed by atoms with Gasteiger partial charge in [0.25, 0.3) is 0 Å². The molecule has 1 heterocycles. The zero-order valence-corrected chi connectivity index (χ0v) is 12.9. The van der Waals surface area contributed by atoms with Crippen molar-refractivity contribution < 1.29 is 9.47 Å². The Labute approximate surface area is 122 Å². The molecule has 1 saturated heterocycles. The zero-order valence-electron chi connectivity index (χ0n) is 12.9. The Morgan fingerprint density at radius 3 is 2.80 bits per heavy atom. The Morgan fingerprint density at radius 2 is 2.10 bits per heavy atom. The van der Waals surface area contributed by atoms with Crippen LogP contribution in [0.15, 0.2) is 24.3 Å². The van der Waals surface area contributed by atoms with Crippen LogP contribution in [0.2, 0.25) is 0 Å². The Bertz CT molecular complexity index is 406. The summed E-state index contributed by atoms with van der Waals surface area (Å²) in [6, 6.07) is 8.59. The van der Waals surface area contributed by atoms with Crippen LogP contribution in [0.25, 0.3) is 0 Å². The molecule has 1 aliphatic rings. The second-order valence-corrected chi connectivity index (χ2v) is 6.57. The maximum absolute atomic E-state index is 5.76. The summed E-state index contributed by atoms with van der Waals surface area (Å²) in [7, 11) is 0. The SMILES string of the molecule is CC(C)(C)NCc1cccc(COCC2CCCO2)c1. The van der Waals surface area contributed by atoms with Gasteiger partial charge in [0.15, 0.2) is 0 Å². The molecule has 2 rings (SSSR count). The van der Waals surface area contributed by atoms with Crippen molar-refractivity contribution in [2.45, 2.75) is 58.4 Å². The highest BCUT2D eigenvalue weighted by molar-refractivity contribution is 5.23. The van der Waals surface area contributed by atoms with Crippen LogP contribution >= 0.6 is 0 Å². The fourth-order valence-electron chi connectivity index (χ4n) is 2.28. The normalized spacial score (nSPS) is 19.4. The number of benzene rings is 1. The molecular weight excluding hydrogens is 250 g/mol. The number of rotatable bonds is 6. The molecular formula is C17H27NO2. The molecule has 0 amide bonds. The van der Waals surface area contributed by atoms with E-state index < -0.39 is 0 Å². The molecule has 1 atom stereocenters. The van der Waals surface area contributed by atoms with Gasteiger partial charge in [0.1, 0.15) is 0 Å². The summed E-state index contributed by atoms with van der Waals surface area (Å²) < 4.78 is 11.3. The number of hydrogen-bond acceptors (Lipinski definition) is 3. The molecule has 3 heteroatoms. The van der Waals surface area contributed by atoms with Gasteiger partial charge in [-0.05, 0) is 44.7 Å². The maximum Gasteiger partial charge on any atom is 0.0809 e. The van der Waals surface area contributed by atoms with E-state index >= 15 is 0 Å². The number of nitrogens with one attached hydrogen (secondary N) is 1. The molecule has 3 nitrogen and oxygen atoms in total. The summed E-state index contributed by atoms with van der Waals surface area (Å²) in [6.45, 7) is 9.71. The summed E-state index contributed by atoms with van der Waals surface area (Å²) >= 11 is 0. The quantitative estimate of drug-likeness (QED) is 0.865. The number of hydrogen-bond donors (Lipinski definition) is 1. The van der Waals surface area contributed by atoms with Gasteiger partial charge in [-0.3, -0.25) is 0 Å². The van der Waals surface area contributed by atoms with Crippen molar-refractivity contribution in [3.8, 4) is 0 Å². The highest BCUT2D eigenvalue weighted by Gasteiger charge is 2.15. The van der Waals surface area contributed by atoms with Crippen LogP contribution in [0.4, 0.5) is 0 Å². The van der Waals surface area contributed by atoms with Gasteiger partial charge >= 0.3 is 0 Å². The lowest BCUT2D eigenvalue weighted by Crippen LogP contribution is -2.35. The van der Waals surface area contributed by atoms with Gasteiger partial charge < -0.3 is 14.8 Å². The van der Waals surface area contributed by atoms with E-state index in [1.165, 1.54) is 17.5 Å². The monoisotopic (exact) mass is 277 g/mol. The van der Waals surface area contributed by atoms with Gasteiger partial charge in [-0.1, -0.05) is 24.3 Å². The molecule has 20 heavy (non-hydrogen) atoms. The minimum Gasteiger partial charge on any atom is -0.376 e. The summed E-state index contributed by atoms with van der Waals surface area (Å²) in [5.74, 6) is 0. The van der Waals surface area contributed by atoms with E-state index in [0.717, 1.165) is 19.6 Å². The minimum atomic E-state index is 0.145. The van der Waals surface area contributed by atoms with Gasteiger partial charge in [-0.2, -0.15) is 0 Å². The predicted molar refractivity (Wildman–Crippen MR) is 81.7 cm³/mol. The first-order chi connectivity index (χ1) is 9.53. The molecule has 0 aromatic heterocycles. The summed E-state index contributed by atoms with van der Waals surface area (Å²) in [5.41, 5.74) is 2.68. The molecule has 1 aliphatic heterocycles. The third-order valence-electron chi connectivity index (χ3n) is 3.41. The van der Waals surface area contributed by atoms with Crippen molar-refractivity contribution in [3.63, 3.8) is 0 Å². The first-order valence-corrected chi connectivity index (χ1v) is 7.55. The highest BCUT2D eigenvalue weighted by Crippen LogP contribution is 2.13. The third kappa shape index (κ3) is 5.61. The Morgan fingerprint density at radius 1 is 1.30 bits per heavy atom. The Balaban J connectivity index is 1.76. The zero-order chi connectivity index (χ0) is 14.4. The smallest absolute Gasteiger partial charge is 0.0809 e. The summed E-state index contributed by atoms with van der Waals surface area (Å²) in [4.78, 5) is 0. The topological polar surface area (TPSA) is 30.5 Å². The molecule has 1 unspecified atom stereocenters. The first kappa shape index (κ1) is 15.5. The van der Waals surface area contributed by atoms with Crippen molar-refractivity contribution >= 4 is 0 Å². The molecule has 0 aliphatic carbocycles. The number of ether oxygens (including phenoxy) is 2. The van der Waals surface area contributed by atoms with Crippen LogP contribution in [0.3, 0.4) is 0 Å². The summed E-state index contributed by atoms with van der Waals surface area (Å²) in [5, 5.41) is 3.51. The van der Waals surface area contributed by atoms with E-state index in [2.05, 4.69) is 50.4 Å². The van der Waals surface area contributed by atoms with E-state index in [0.29, 0.717) is 19.3 Å². The second kappa shape index (κ2) is 7.21. The molecule has 1 fully saturated rings. The van der Waals surface area contributed by atoms with E-state index in [9.17, 15) is 0 Å². The van der Waals surface area contributed by atoms with Crippen LogP contribution in [0.1, 0.15) is 44.7 Å². The molecule has 0 radical (unpaired) electrons. The molecule has 1 N–H and O–H groups in total. The fraction of sp³-hybridized carbons (Fsp3) is 0.647. The minimum absolute atomic E-state index is 0.145. The predicted octanol–water partition coefficient (Wildman–Crippen LogP) is 3.27. The summed E-state index contributed by atoms with van der Waals surface area (Å²) in [6.07, 6.45) is 2.61. The van der Waals surface area contributed by atoms with Crippen molar-refractivity contribution in [3.05, 3.63) is 35.4 Å². The van der Waals surface area contributed by atoms with Crippen molar-refractivity contribution in [2.75, 3.05) is 13.2 Å². The maximum atomic E-state index is 5.76. The average Bonchev–Trinajstić information content (AvgIpc) is 2.89. The second-order valence-electron chi connectivity index (χ2n) is 6.57. The molecule has 0 saturated carbocycles. The average molecular weight is 277 g/mol. The van der Waals surface area contributed by atoms with Crippen molar-refractivity contribution in [1.82, 2.24) is 5.32 Å². The van der Waals surface area contributed by atoms with Crippen LogP contribution in [-0.2, 0) is 22.6 Å². The largest absolute Gasteiger partial charge is 0.376 e. The van der Waals surface area contributed by atoms with Gasteiger partial charge in [0.2, 0.25) is 0 Å². The van der Waals surface area contributed by atoms with E-state index in [-0.39, 0.29) is 5.54 Å². The first-order valence-electron chi connectivity index (χ1n) is 7.55. The van der Waals surface area contributed by atoms with Crippen LogP contribution in [-0.4, -0.2) is 24.9 Å². The lowest BCUT2D eigenvalue weighted by atomic mass is 10.1.